The summed E-state index contributed by atoms with van der Waals surface area (Å²) in [5.74, 6) is 0.180. The third kappa shape index (κ3) is 3.58. The number of amides is 1. The van der Waals surface area contributed by atoms with E-state index in [2.05, 4.69) is 5.32 Å². The fraction of sp³-hybridized carbons (Fsp3) is 0.235. The number of anilines is 1. The van der Waals surface area contributed by atoms with Gasteiger partial charge in [-0.1, -0.05) is 42.5 Å². The van der Waals surface area contributed by atoms with Gasteiger partial charge in [-0.15, -0.1) is 23.2 Å². The molecule has 0 spiro atoms. The van der Waals surface area contributed by atoms with Crippen LogP contribution in [0.25, 0.3) is 0 Å². The first kappa shape index (κ1) is 14.4. The summed E-state index contributed by atoms with van der Waals surface area (Å²) in [6.07, 6.45) is 1.16. The first-order valence-corrected chi connectivity index (χ1v) is 7.62. The van der Waals surface area contributed by atoms with Crippen LogP contribution in [0.5, 0.6) is 0 Å². The van der Waals surface area contributed by atoms with E-state index >= 15 is 0 Å². The second kappa shape index (κ2) is 5.70. The van der Waals surface area contributed by atoms with Gasteiger partial charge >= 0.3 is 0 Å². The monoisotopic (exact) mass is 319 g/mol. The molecule has 3 rings (SSSR count). The molecule has 2 aromatic rings. The molecule has 4 heteroatoms. The topological polar surface area (TPSA) is 29.1 Å². The summed E-state index contributed by atoms with van der Waals surface area (Å²) in [6.45, 7) is 0. The second-order valence-electron chi connectivity index (χ2n) is 5.35. The van der Waals surface area contributed by atoms with Gasteiger partial charge in [0.05, 0.1) is 6.42 Å². The summed E-state index contributed by atoms with van der Waals surface area (Å²) >= 11 is 12.1. The lowest BCUT2D eigenvalue weighted by atomic mass is 10.1. The first-order valence-electron chi connectivity index (χ1n) is 6.86. The summed E-state index contributed by atoms with van der Waals surface area (Å²) in [6, 6.07) is 17.4. The lowest BCUT2D eigenvalue weighted by Crippen LogP contribution is -2.14. The Kier molecular flexibility index (Phi) is 3.92. The zero-order valence-corrected chi connectivity index (χ0v) is 12.9. The molecule has 1 saturated carbocycles. The van der Waals surface area contributed by atoms with E-state index in [1.165, 1.54) is 0 Å². The fourth-order valence-electron chi connectivity index (χ4n) is 2.36. The molecule has 1 aliphatic rings. The molecule has 0 aliphatic heterocycles. The summed E-state index contributed by atoms with van der Waals surface area (Å²) in [7, 11) is 0. The number of hydrogen-bond donors (Lipinski definition) is 1. The molecule has 21 heavy (non-hydrogen) atoms. The molecular weight excluding hydrogens is 305 g/mol. The van der Waals surface area contributed by atoms with Crippen LogP contribution in [0.15, 0.2) is 54.6 Å². The molecule has 0 radical (unpaired) electrons. The molecule has 1 atom stereocenters. The third-order valence-corrected chi connectivity index (χ3v) is 4.47. The molecule has 1 amide bonds. The van der Waals surface area contributed by atoms with Crippen molar-refractivity contribution in [3.05, 3.63) is 65.7 Å². The van der Waals surface area contributed by atoms with Gasteiger partial charge in [0.25, 0.3) is 0 Å². The molecule has 0 bridgehead atoms. The zero-order valence-electron chi connectivity index (χ0n) is 11.4. The fourth-order valence-corrected chi connectivity index (χ4v) is 2.92. The van der Waals surface area contributed by atoms with Crippen LogP contribution in [-0.2, 0) is 11.2 Å². The van der Waals surface area contributed by atoms with Crippen LogP contribution in [0.4, 0.5) is 5.69 Å². The van der Waals surface area contributed by atoms with Crippen LogP contribution >= 0.6 is 23.2 Å². The van der Waals surface area contributed by atoms with Crippen LogP contribution in [0.1, 0.15) is 23.5 Å². The molecule has 2 aromatic carbocycles. The smallest absolute Gasteiger partial charge is 0.228 e. The highest BCUT2D eigenvalue weighted by atomic mass is 35.5. The second-order valence-corrected chi connectivity index (χ2v) is 6.89. The van der Waals surface area contributed by atoms with Crippen molar-refractivity contribution in [3.8, 4) is 0 Å². The molecule has 0 heterocycles. The third-order valence-electron chi connectivity index (χ3n) is 3.63. The maximum atomic E-state index is 12.0. The van der Waals surface area contributed by atoms with Gasteiger partial charge in [0, 0.05) is 11.6 Å². The van der Waals surface area contributed by atoms with Crippen molar-refractivity contribution in [2.75, 3.05) is 5.32 Å². The van der Waals surface area contributed by atoms with E-state index in [0.717, 1.165) is 23.2 Å². The lowest BCUT2D eigenvalue weighted by Gasteiger charge is -2.07. The Morgan fingerprint density at radius 3 is 2.29 bits per heavy atom. The molecular formula is C17H15Cl2NO. The summed E-state index contributed by atoms with van der Waals surface area (Å²) < 4.78 is -0.613. The minimum Gasteiger partial charge on any atom is -0.326 e. The predicted molar refractivity (Wildman–Crippen MR) is 87.0 cm³/mol. The van der Waals surface area contributed by atoms with E-state index in [-0.39, 0.29) is 11.8 Å². The van der Waals surface area contributed by atoms with Crippen molar-refractivity contribution in [1.82, 2.24) is 0 Å². The minimum absolute atomic E-state index is 0.0237. The van der Waals surface area contributed by atoms with Crippen LogP contribution in [-0.4, -0.2) is 10.2 Å². The van der Waals surface area contributed by atoms with Crippen LogP contribution in [0.2, 0.25) is 0 Å². The van der Waals surface area contributed by atoms with Gasteiger partial charge in [-0.3, -0.25) is 4.79 Å². The van der Waals surface area contributed by atoms with E-state index in [1.807, 2.05) is 54.6 Å². The lowest BCUT2D eigenvalue weighted by molar-refractivity contribution is -0.115. The number of halogens is 2. The Morgan fingerprint density at radius 2 is 1.71 bits per heavy atom. The van der Waals surface area contributed by atoms with Gasteiger partial charge in [-0.25, -0.2) is 0 Å². The van der Waals surface area contributed by atoms with Crippen molar-refractivity contribution in [3.63, 3.8) is 0 Å². The normalized spacial score (nSPS) is 19.0. The standard InChI is InChI=1S/C17H15Cl2NO/c18-17(19)11-15(17)13-6-8-14(9-7-13)20-16(21)10-12-4-2-1-3-5-12/h1-9,15H,10-11H2,(H,20,21). The molecule has 0 aromatic heterocycles. The number of carbonyl (C=O) groups is 1. The molecule has 1 aliphatic carbocycles. The number of hydrogen-bond acceptors (Lipinski definition) is 1. The van der Waals surface area contributed by atoms with Crippen LogP contribution in [0, 0.1) is 0 Å². The van der Waals surface area contributed by atoms with Gasteiger partial charge in [0.15, 0.2) is 0 Å². The minimum atomic E-state index is -0.613. The van der Waals surface area contributed by atoms with Crippen LogP contribution in [0.3, 0.4) is 0 Å². The molecule has 0 saturated heterocycles. The Bertz CT molecular complexity index is 638. The van der Waals surface area contributed by atoms with E-state index in [0.29, 0.717) is 6.42 Å². The van der Waals surface area contributed by atoms with Crippen molar-refractivity contribution in [2.45, 2.75) is 23.1 Å². The van der Waals surface area contributed by atoms with Crippen LogP contribution < -0.4 is 5.32 Å². The van der Waals surface area contributed by atoms with E-state index in [9.17, 15) is 4.79 Å². The Labute approximate surface area is 134 Å². The highest BCUT2D eigenvalue weighted by Gasteiger charge is 2.52. The Morgan fingerprint density at radius 1 is 1.10 bits per heavy atom. The molecule has 1 unspecified atom stereocenters. The number of nitrogens with one attached hydrogen (secondary N) is 1. The van der Waals surface area contributed by atoms with Gasteiger partial charge in [-0.05, 0) is 29.7 Å². The largest absolute Gasteiger partial charge is 0.326 e. The quantitative estimate of drug-likeness (QED) is 0.824. The van der Waals surface area contributed by atoms with Gasteiger partial charge in [0.2, 0.25) is 5.91 Å². The highest BCUT2D eigenvalue weighted by molar-refractivity contribution is 6.51. The van der Waals surface area contributed by atoms with E-state index in [4.69, 9.17) is 23.2 Å². The van der Waals surface area contributed by atoms with Crippen molar-refractivity contribution in [1.29, 1.82) is 0 Å². The summed E-state index contributed by atoms with van der Waals surface area (Å²) in [5, 5.41) is 2.89. The molecule has 1 fully saturated rings. The van der Waals surface area contributed by atoms with Gasteiger partial charge < -0.3 is 5.32 Å². The first-order chi connectivity index (χ1) is 10.0. The Hall–Kier alpha value is -1.51. The maximum absolute atomic E-state index is 12.0. The average molecular weight is 320 g/mol. The number of benzene rings is 2. The molecule has 2 nitrogen and oxygen atoms in total. The molecule has 1 N–H and O–H groups in total. The zero-order chi connectivity index (χ0) is 14.9. The maximum Gasteiger partial charge on any atom is 0.228 e. The van der Waals surface area contributed by atoms with Crippen molar-refractivity contribution >= 4 is 34.8 Å². The number of alkyl halides is 2. The number of carbonyl (C=O) groups excluding carboxylic acids is 1. The van der Waals surface area contributed by atoms with Gasteiger partial charge in [-0.2, -0.15) is 0 Å². The Balaban J connectivity index is 1.59. The predicted octanol–water partition coefficient (Wildman–Crippen LogP) is 4.53. The average Bonchev–Trinajstić information content (AvgIpc) is 3.09. The van der Waals surface area contributed by atoms with E-state index < -0.39 is 4.33 Å². The van der Waals surface area contributed by atoms with Crippen molar-refractivity contribution in [2.24, 2.45) is 0 Å². The highest BCUT2D eigenvalue weighted by Crippen LogP contribution is 2.59. The van der Waals surface area contributed by atoms with E-state index in [1.54, 1.807) is 0 Å². The SMILES string of the molecule is O=C(Cc1ccccc1)Nc1ccc(C2CC2(Cl)Cl)cc1. The van der Waals surface area contributed by atoms with Gasteiger partial charge in [0.1, 0.15) is 4.33 Å². The molecule has 108 valence electrons. The summed E-state index contributed by atoms with van der Waals surface area (Å²) in [4.78, 5) is 12.0. The number of rotatable bonds is 4. The van der Waals surface area contributed by atoms with Crippen molar-refractivity contribution < 1.29 is 4.79 Å². The summed E-state index contributed by atoms with van der Waals surface area (Å²) in [5.41, 5.74) is 2.90.